The Balaban J connectivity index is 3.43. The molecule has 0 N–H and O–H groups in total. The van der Waals surface area contributed by atoms with Gasteiger partial charge in [0.1, 0.15) is 0 Å². The van der Waals surface area contributed by atoms with Crippen molar-refractivity contribution in [3.05, 3.63) is 28.8 Å². The van der Waals surface area contributed by atoms with E-state index in [4.69, 9.17) is 0 Å². The molecule has 0 spiro atoms. The SMILES string of the molecule is Fc1c(F)c(OC(F)(F)F)c(F)c(F)c1C[SiH3]. The molecular formula is C8H5F7OSi. The number of benzene rings is 1. The molecule has 1 aromatic carbocycles. The van der Waals surface area contributed by atoms with Crippen LogP contribution in [-0.2, 0) is 6.04 Å². The molecule has 0 atom stereocenters. The van der Waals surface area contributed by atoms with E-state index in [-0.39, 0.29) is 16.3 Å². The molecule has 96 valence electrons. The lowest BCUT2D eigenvalue weighted by Crippen LogP contribution is -2.20. The highest BCUT2D eigenvalue weighted by atomic mass is 28.1. The summed E-state index contributed by atoms with van der Waals surface area (Å²) < 4.78 is 90.4. The van der Waals surface area contributed by atoms with Gasteiger partial charge in [0.2, 0.25) is 17.4 Å². The maximum Gasteiger partial charge on any atom is 0.573 e. The second-order valence-corrected chi connectivity index (χ2v) is 3.67. The van der Waals surface area contributed by atoms with Crippen LogP contribution in [0.5, 0.6) is 5.75 Å². The fourth-order valence-corrected chi connectivity index (χ4v) is 1.79. The maximum atomic E-state index is 13.1. The van der Waals surface area contributed by atoms with Crippen LogP contribution in [0.2, 0.25) is 0 Å². The minimum Gasteiger partial charge on any atom is -0.399 e. The highest BCUT2D eigenvalue weighted by Gasteiger charge is 2.37. The van der Waals surface area contributed by atoms with Crippen molar-refractivity contribution in [2.75, 3.05) is 0 Å². The molecule has 0 aliphatic carbocycles. The van der Waals surface area contributed by atoms with Crippen molar-refractivity contribution in [1.29, 1.82) is 0 Å². The Morgan fingerprint density at radius 3 is 1.59 bits per heavy atom. The third kappa shape index (κ3) is 2.71. The van der Waals surface area contributed by atoms with Gasteiger partial charge >= 0.3 is 6.36 Å². The zero-order valence-corrected chi connectivity index (χ0v) is 10.3. The molecule has 1 nitrogen and oxygen atoms in total. The summed E-state index contributed by atoms with van der Waals surface area (Å²) in [6, 6.07) is -0.280. The van der Waals surface area contributed by atoms with E-state index in [9.17, 15) is 30.7 Å². The predicted molar refractivity (Wildman–Crippen MR) is 46.6 cm³/mol. The first-order valence-corrected chi connectivity index (χ1v) is 5.71. The van der Waals surface area contributed by atoms with Crippen LogP contribution in [-0.4, -0.2) is 16.6 Å². The molecule has 0 aromatic heterocycles. The lowest BCUT2D eigenvalue weighted by molar-refractivity contribution is -0.276. The van der Waals surface area contributed by atoms with Crippen LogP contribution < -0.4 is 4.74 Å². The highest BCUT2D eigenvalue weighted by molar-refractivity contribution is 6.08. The van der Waals surface area contributed by atoms with Crippen molar-refractivity contribution in [2.24, 2.45) is 0 Å². The minimum atomic E-state index is -5.44. The largest absolute Gasteiger partial charge is 0.573 e. The average molecular weight is 278 g/mol. The molecule has 0 saturated carbocycles. The zero-order valence-electron chi connectivity index (χ0n) is 8.26. The molecule has 1 rings (SSSR count). The third-order valence-electron chi connectivity index (χ3n) is 1.89. The van der Waals surface area contributed by atoms with E-state index >= 15 is 0 Å². The first kappa shape index (κ1) is 13.8. The Morgan fingerprint density at radius 2 is 1.29 bits per heavy atom. The van der Waals surface area contributed by atoms with Gasteiger partial charge in [-0.1, -0.05) is 0 Å². The lowest BCUT2D eigenvalue weighted by Gasteiger charge is -2.13. The van der Waals surface area contributed by atoms with Crippen LogP contribution in [0.15, 0.2) is 0 Å². The molecule has 0 bridgehead atoms. The van der Waals surface area contributed by atoms with E-state index < -0.39 is 40.9 Å². The Hall–Kier alpha value is -1.25. The van der Waals surface area contributed by atoms with Crippen molar-refractivity contribution in [3.8, 4) is 5.75 Å². The predicted octanol–water partition coefficient (Wildman–Crippen LogP) is 2.01. The first-order valence-electron chi connectivity index (χ1n) is 4.29. The molecule has 0 heterocycles. The molecule has 0 unspecified atom stereocenters. The normalized spacial score (nSPS) is 11.9. The summed E-state index contributed by atoms with van der Waals surface area (Å²) in [6.45, 7) is 0. The highest BCUT2D eigenvalue weighted by Crippen LogP contribution is 2.33. The quantitative estimate of drug-likeness (QED) is 0.457. The van der Waals surface area contributed by atoms with Gasteiger partial charge in [-0.3, -0.25) is 0 Å². The molecule has 17 heavy (non-hydrogen) atoms. The van der Waals surface area contributed by atoms with Crippen molar-refractivity contribution in [3.63, 3.8) is 0 Å². The summed E-state index contributed by atoms with van der Waals surface area (Å²) in [6.07, 6.45) is -5.44. The van der Waals surface area contributed by atoms with Gasteiger partial charge in [0.15, 0.2) is 11.6 Å². The molecular weight excluding hydrogens is 273 g/mol. The summed E-state index contributed by atoms with van der Waals surface area (Å²) in [5.41, 5.74) is -0.916. The minimum absolute atomic E-state index is 0.184. The van der Waals surface area contributed by atoms with Gasteiger partial charge in [-0.25, -0.2) is 8.78 Å². The number of ether oxygens (including phenoxy) is 1. The van der Waals surface area contributed by atoms with Gasteiger partial charge in [-0.15, -0.1) is 13.2 Å². The van der Waals surface area contributed by atoms with Gasteiger partial charge in [0, 0.05) is 15.8 Å². The van der Waals surface area contributed by atoms with Gasteiger partial charge < -0.3 is 4.74 Å². The number of rotatable bonds is 2. The van der Waals surface area contributed by atoms with Crippen molar-refractivity contribution < 1.29 is 35.5 Å². The Labute approximate surface area is 93.6 Å². The third-order valence-corrected chi connectivity index (χ3v) is 2.59. The second kappa shape index (κ2) is 4.55. The fourth-order valence-electron chi connectivity index (χ4n) is 1.17. The zero-order chi connectivity index (χ0) is 13.4. The Morgan fingerprint density at radius 1 is 0.882 bits per heavy atom. The summed E-state index contributed by atoms with van der Waals surface area (Å²) in [4.78, 5) is 0. The lowest BCUT2D eigenvalue weighted by atomic mass is 10.2. The van der Waals surface area contributed by atoms with E-state index in [1.165, 1.54) is 0 Å². The van der Waals surface area contributed by atoms with Crippen molar-refractivity contribution >= 4 is 10.2 Å². The molecule has 0 amide bonds. The van der Waals surface area contributed by atoms with Crippen LogP contribution in [0.3, 0.4) is 0 Å². The van der Waals surface area contributed by atoms with Crippen LogP contribution in [0.4, 0.5) is 30.7 Å². The van der Waals surface area contributed by atoms with Crippen molar-refractivity contribution in [2.45, 2.75) is 12.4 Å². The van der Waals surface area contributed by atoms with Crippen molar-refractivity contribution in [1.82, 2.24) is 0 Å². The van der Waals surface area contributed by atoms with Gasteiger partial charge in [0.05, 0.1) is 0 Å². The van der Waals surface area contributed by atoms with Gasteiger partial charge in [0.25, 0.3) is 0 Å². The topological polar surface area (TPSA) is 9.23 Å². The standard InChI is InChI=1S/C8H5F7OSi/c9-3-2(1-17)4(10)6(12)7(5(3)11)16-8(13,14)15/h1H2,17H3. The van der Waals surface area contributed by atoms with Crippen LogP contribution >= 0.6 is 0 Å². The van der Waals surface area contributed by atoms with Crippen LogP contribution in [0.1, 0.15) is 5.56 Å². The number of hydrogen-bond acceptors (Lipinski definition) is 1. The van der Waals surface area contributed by atoms with E-state index in [1.807, 2.05) is 0 Å². The average Bonchev–Trinajstić information content (AvgIpc) is 2.21. The molecule has 1 aromatic rings. The molecule has 0 fully saturated rings. The van der Waals surface area contributed by atoms with Gasteiger partial charge in [-0.05, 0) is 6.04 Å². The maximum absolute atomic E-state index is 13.1. The Kier molecular flexibility index (Phi) is 3.70. The van der Waals surface area contributed by atoms with E-state index in [0.717, 1.165) is 0 Å². The Bertz CT molecular complexity index is 413. The summed E-state index contributed by atoms with van der Waals surface area (Å²) in [5, 5.41) is 0. The molecule has 0 aliphatic heterocycles. The van der Waals surface area contributed by atoms with E-state index in [2.05, 4.69) is 4.74 Å². The summed E-state index contributed by atoms with van der Waals surface area (Å²) in [7, 11) is 0.184. The number of alkyl halides is 3. The smallest absolute Gasteiger partial charge is 0.399 e. The number of hydrogen-bond donors (Lipinski definition) is 0. The molecule has 0 radical (unpaired) electrons. The molecule has 0 aliphatic rings. The molecule has 0 saturated heterocycles. The summed E-state index contributed by atoms with van der Waals surface area (Å²) in [5.74, 6) is -10.2. The summed E-state index contributed by atoms with van der Waals surface area (Å²) >= 11 is 0. The van der Waals surface area contributed by atoms with Gasteiger partial charge in [-0.2, -0.15) is 8.78 Å². The van der Waals surface area contributed by atoms with E-state index in [0.29, 0.717) is 0 Å². The van der Waals surface area contributed by atoms with Crippen LogP contribution in [0, 0.1) is 23.3 Å². The fraction of sp³-hybridized carbons (Fsp3) is 0.250. The number of halogens is 7. The second-order valence-electron chi connectivity index (χ2n) is 2.96. The van der Waals surface area contributed by atoms with Crippen LogP contribution in [0.25, 0.3) is 0 Å². The first-order chi connectivity index (χ1) is 7.69. The monoisotopic (exact) mass is 278 g/mol. The molecule has 9 heteroatoms. The van der Waals surface area contributed by atoms with E-state index in [1.54, 1.807) is 0 Å².